The molecule has 0 aliphatic heterocycles. The summed E-state index contributed by atoms with van der Waals surface area (Å²) in [6.45, 7) is 0. The highest BCUT2D eigenvalue weighted by Crippen LogP contribution is 2.31. The van der Waals surface area contributed by atoms with Crippen molar-refractivity contribution in [3.8, 4) is 0 Å². The molecule has 0 atom stereocenters. The van der Waals surface area contributed by atoms with E-state index in [1.807, 2.05) is 131 Å². The minimum atomic E-state index is 0.565. The van der Waals surface area contributed by atoms with Gasteiger partial charge in [-0.05, 0) is 48.5 Å². The van der Waals surface area contributed by atoms with Crippen molar-refractivity contribution in [3.63, 3.8) is 0 Å². The summed E-state index contributed by atoms with van der Waals surface area (Å²) in [6.07, 6.45) is 0. The molecule has 0 aromatic heterocycles. The third-order valence-corrected chi connectivity index (χ3v) is 5.53. The second kappa shape index (κ2) is 9.44. The van der Waals surface area contributed by atoms with Crippen LogP contribution in [0.1, 0.15) is 0 Å². The van der Waals surface area contributed by atoms with E-state index in [1.165, 1.54) is 0 Å². The molecule has 0 fully saturated rings. The van der Waals surface area contributed by atoms with Crippen LogP contribution in [0.2, 0.25) is 0 Å². The molecule has 0 aliphatic carbocycles. The molecule has 4 heteroatoms. The standard InChI is InChI=1S/C26H20N2S2/c29-25(27(21-13-5-1-6-14-21)22-15-7-2-8-16-22)26(30)28(23-17-9-3-10-18-23)24-19-11-4-12-20-24/h1-20H. The summed E-state index contributed by atoms with van der Waals surface area (Å²) < 4.78 is 0. The molecule has 0 amide bonds. The Morgan fingerprint density at radius 2 is 0.567 bits per heavy atom. The fourth-order valence-electron chi connectivity index (χ4n) is 3.27. The molecule has 0 aliphatic rings. The van der Waals surface area contributed by atoms with Gasteiger partial charge in [0.1, 0.15) is 9.98 Å². The van der Waals surface area contributed by atoms with Crippen molar-refractivity contribution in [2.75, 3.05) is 9.80 Å². The summed E-state index contributed by atoms with van der Waals surface area (Å²) in [5, 5.41) is 0. The topological polar surface area (TPSA) is 6.48 Å². The van der Waals surface area contributed by atoms with Gasteiger partial charge in [-0.25, -0.2) is 0 Å². The molecule has 0 spiro atoms. The van der Waals surface area contributed by atoms with E-state index >= 15 is 0 Å². The Kier molecular flexibility index (Phi) is 6.28. The number of rotatable bonds is 4. The Hall–Kier alpha value is -3.34. The Bertz CT molecular complexity index is 943. The van der Waals surface area contributed by atoms with E-state index in [0.717, 1.165) is 22.7 Å². The lowest BCUT2D eigenvalue weighted by atomic mass is 10.2. The average molecular weight is 425 g/mol. The van der Waals surface area contributed by atoms with E-state index in [4.69, 9.17) is 24.4 Å². The van der Waals surface area contributed by atoms with Crippen LogP contribution in [0.15, 0.2) is 121 Å². The summed E-state index contributed by atoms with van der Waals surface area (Å²) in [5.41, 5.74) is 3.88. The van der Waals surface area contributed by atoms with Crippen LogP contribution in [0.4, 0.5) is 22.7 Å². The summed E-state index contributed by atoms with van der Waals surface area (Å²) in [7, 11) is 0. The molecule has 0 saturated heterocycles. The minimum absolute atomic E-state index is 0.565. The van der Waals surface area contributed by atoms with Gasteiger partial charge in [-0.15, -0.1) is 0 Å². The third kappa shape index (κ3) is 4.30. The first-order chi connectivity index (χ1) is 14.8. The normalized spacial score (nSPS) is 10.3. The molecular formula is C26H20N2S2. The number of hydrogen-bond acceptors (Lipinski definition) is 2. The highest BCUT2D eigenvalue weighted by atomic mass is 32.1. The molecule has 2 nitrogen and oxygen atoms in total. The monoisotopic (exact) mass is 424 g/mol. The van der Waals surface area contributed by atoms with Gasteiger partial charge in [0.25, 0.3) is 0 Å². The molecule has 30 heavy (non-hydrogen) atoms. The fraction of sp³-hybridized carbons (Fsp3) is 0. The van der Waals surface area contributed by atoms with Crippen LogP contribution in [-0.2, 0) is 0 Å². The number of benzene rings is 4. The van der Waals surface area contributed by atoms with Gasteiger partial charge in [-0.2, -0.15) is 0 Å². The number of hydrogen-bond donors (Lipinski definition) is 0. The molecule has 0 unspecified atom stereocenters. The predicted octanol–water partition coefficient (Wildman–Crippen LogP) is 7.32. The summed E-state index contributed by atoms with van der Waals surface area (Å²) in [4.78, 5) is 5.18. The van der Waals surface area contributed by atoms with Gasteiger partial charge < -0.3 is 0 Å². The van der Waals surface area contributed by atoms with Crippen molar-refractivity contribution in [2.24, 2.45) is 0 Å². The lowest BCUT2D eigenvalue weighted by Gasteiger charge is -2.31. The maximum absolute atomic E-state index is 5.98. The smallest absolute Gasteiger partial charge is 0.146 e. The van der Waals surface area contributed by atoms with E-state index in [2.05, 4.69) is 0 Å². The quantitative estimate of drug-likeness (QED) is 0.317. The second-order valence-corrected chi connectivity index (χ2v) is 7.40. The molecule has 4 aromatic rings. The van der Waals surface area contributed by atoms with Crippen LogP contribution in [-0.4, -0.2) is 9.98 Å². The minimum Gasteiger partial charge on any atom is -0.299 e. The van der Waals surface area contributed by atoms with Crippen molar-refractivity contribution >= 4 is 57.2 Å². The van der Waals surface area contributed by atoms with Gasteiger partial charge in [0.15, 0.2) is 0 Å². The zero-order valence-corrected chi connectivity index (χ0v) is 17.9. The third-order valence-electron chi connectivity index (χ3n) is 4.65. The molecule has 0 heterocycles. The maximum Gasteiger partial charge on any atom is 0.146 e. The van der Waals surface area contributed by atoms with Gasteiger partial charge in [-0.1, -0.05) is 97.2 Å². The van der Waals surface area contributed by atoms with Gasteiger partial charge >= 0.3 is 0 Å². The Morgan fingerprint density at radius 3 is 0.767 bits per heavy atom. The fourth-order valence-corrected chi connectivity index (χ4v) is 3.87. The van der Waals surface area contributed by atoms with Gasteiger partial charge in [0, 0.05) is 22.7 Å². The first-order valence-corrected chi connectivity index (χ1v) is 10.5. The van der Waals surface area contributed by atoms with E-state index in [0.29, 0.717) is 9.98 Å². The maximum atomic E-state index is 5.98. The molecule has 4 aromatic carbocycles. The van der Waals surface area contributed by atoms with Crippen molar-refractivity contribution < 1.29 is 0 Å². The zero-order chi connectivity index (χ0) is 20.8. The Morgan fingerprint density at radius 1 is 0.367 bits per heavy atom. The Balaban J connectivity index is 1.79. The number of para-hydroxylation sites is 4. The van der Waals surface area contributed by atoms with E-state index in [-0.39, 0.29) is 0 Å². The first kappa shape index (κ1) is 20.0. The summed E-state index contributed by atoms with van der Waals surface area (Å²) in [6, 6.07) is 40.3. The molecule has 4 rings (SSSR count). The molecule has 0 bridgehead atoms. The van der Waals surface area contributed by atoms with E-state index in [1.54, 1.807) is 0 Å². The lowest BCUT2D eigenvalue weighted by Crippen LogP contribution is -2.39. The summed E-state index contributed by atoms with van der Waals surface area (Å²) in [5.74, 6) is 0. The molecule has 0 N–H and O–H groups in total. The predicted molar refractivity (Wildman–Crippen MR) is 135 cm³/mol. The number of nitrogens with zero attached hydrogens (tertiary/aromatic N) is 2. The highest BCUT2D eigenvalue weighted by Gasteiger charge is 2.24. The van der Waals surface area contributed by atoms with Crippen molar-refractivity contribution in [3.05, 3.63) is 121 Å². The molecule has 146 valence electrons. The second-order valence-electron chi connectivity index (χ2n) is 6.62. The van der Waals surface area contributed by atoms with Crippen LogP contribution in [0.5, 0.6) is 0 Å². The van der Waals surface area contributed by atoms with Gasteiger partial charge in [-0.3, -0.25) is 9.80 Å². The average Bonchev–Trinajstić information content (AvgIpc) is 2.82. The van der Waals surface area contributed by atoms with Crippen molar-refractivity contribution in [1.29, 1.82) is 0 Å². The largest absolute Gasteiger partial charge is 0.299 e. The highest BCUT2D eigenvalue weighted by molar-refractivity contribution is 7.89. The van der Waals surface area contributed by atoms with E-state index < -0.39 is 0 Å². The van der Waals surface area contributed by atoms with E-state index in [9.17, 15) is 0 Å². The SMILES string of the molecule is S=C(C(=S)N(c1ccccc1)c1ccccc1)N(c1ccccc1)c1ccccc1. The van der Waals surface area contributed by atoms with Crippen LogP contribution >= 0.6 is 24.4 Å². The zero-order valence-electron chi connectivity index (χ0n) is 16.3. The Labute approximate surface area is 188 Å². The lowest BCUT2D eigenvalue weighted by molar-refractivity contribution is 1.35. The van der Waals surface area contributed by atoms with Crippen LogP contribution in [0, 0.1) is 0 Å². The molecule has 0 radical (unpaired) electrons. The van der Waals surface area contributed by atoms with Crippen molar-refractivity contribution in [2.45, 2.75) is 0 Å². The first-order valence-electron chi connectivity index (χ1n) is 9.64. The van der Waals surface area contributed by atoms with Gasteiger partial charge in [0.2, 0.25) is 0 Å². The van der Waals surface area contributed by atoms with Gasteiger partial charge in [0.05, 0.1) is 0 Å². The summed E-state index contributed by atoms with van der Waals surface area (Å²) >= 11 is 12.0. The van der Waals surface area contributed by atoms with Crippen molar-refractivity contribution in [1.82, 2.24) is 0 Å². The molecule has 0 saturated carbocycles. The van der Waals surface area contributed by atoms with Crippen LogP contribution in [0.25, 0.3) is 0 Å². The number of anilines is 4. The van der Waals surface area contributed by atoms with Crippen LogP contribution in [0.3, 0.4) is 0 Å². The molecular weight excluding hydrogens is 404 g/mol. The number of thiocarbonyl (C=S) groups is 2. The van der Waals surface area contributed by atoms with Crippen LogP contribution < -0.4 is 9.80 Å².